The molecule has 0 saturated heterocycles. The summed E-state index contributed by atoms with van der Waals surface area (Å²) < 4.78 is 1.86. The van der Waals surface area contributed by atoms with Gasteiger partial charge >= 0.3 is 0 Å². The minimum atomic E-state index is -0.137. The average molecular weight is 410 g/mol. The van der Waals surface area contributed by atoms with Crippen molar-refractivity contribution >= 4 is 29.3 Å². The SMILES string of the molecule is CC(=O)Nc1cccc(-n2c(C)nnc2SCC(=O)NCc2ccc(C)cc2)c1. The highest BCUT2D eigenvalue weighted by Gasteiger charge is 2.14. The zero-order valence-corrected chi connectivity index (χ0v) is 17.4. The molecule has 3 rings (SSSR count). The summed E-state index contributed by atoms with van der Waals surface area (Å²) in [6.07, 6.45) is 0. The summed E-state index contributed by atoms with van der Waals surface area (Å²) in [5.41, 5.74) is 3.76. The van der Waals surface area contributed by atoms with E-state index in [2.05, 4.69) is 20.8 Å². The Kier molecular flexibility index (Phi) is 6.66. The first kappa shape index (κ1) is 20.6. The van der Waals surface area contributed by atoms with E-state index in [0.29, 0.717) is 23.2 Å². The van der Waals surface area contributed by atoms with Gasteiger partial charge in [-0.3, -0.25) is 14.2 Å². The Morgan fingerprint density at radius 3 is 2.55 bits per heavy atom. The van der Waals surface area contributed by atoms with E-state index in [9.17, 15) is 9.59 Å². The van der Waals surface area contributed by atoms with Crippen LogP contribution in [0.1, 0.15) is 23.9 Å². The van der Waals surface area contributed by atoms with Gasteiger partial charge in [0.1, 0.15) is 5.82 Å². The van der Waals surface area contributed by atoms with E-state index >= 15 is 0 Å². The molecule has 150 valence electrons. The molecule has 29 heavy (non-hydrogen) atoms. The Labute approximate surface area is 173 Å². The van der Waals surface area contributed by atoms with Crippen molar-refractivity contribution in [2.75, 3.05) is 11.1 Å². The van der Waals surface area contributed by atoms with E-state index in [1.807, 2.05) is 66.9 Å². The molecule has 0 spiro atoms. The molecule has 0 aliphatic carbocycles. The molecule has 3 aromatic rings. The number of rotatable bonds is 7. The lowest BCUT2D eigenvalue weighted by Crippen LogP contribution is -2.24. The van der Waals surface area contributed by atoms with E-state index in [4.69, 9.17) is 0 Å². The third-order valence-corrected chi connectivity index (χ3v) is 5.09. The maximum atomic E-state index is 12.2. The summed E-state index contributed by atoms with van der Waals surface area (Å²) >= 11 is 1.32. The third-order valence-electron chi connectivity index (χ3n) is 4.16. The summed E-state index contributed by atoms with van der Waals surface area (Å²) in [5.74, 6) is 0.722. The van der Waals surface area contributed by atoms with Crippen LogP contribution in [0, 0.1) is 13.8 Å². The Morgan fingerprint density at radius 2 is 1.83 bits per heavy atom. The number of nitrogens with one attached hydrogen (secondary N) is 2. The molecule has 1 heterocycles. The van der Waals surface area contributed by atoms with Crippen LogP contribution in [-0.4, -0.2) is 32.3 Å². The number of hydrogen-bond acceptors (Lipinski definition) is 5. The van der Waals surface area contributed by atoms with Crippen LogP contribution in [0.5, 0.6) is 0 Å². The van der Waals surface area contributed by atoms with Crippen LogP contribution in [0.25, 0.3) is 5.69 Å². The number of thioether (sulfide) groups is 1. The van der Waals surface area contributed by atoms with Crippen LogP contribution in [0.4, 0.5) is 5.69 Å². The predicted molar refractivity (Wildman–Crippen MR) is 114 cm³/mol. The van der Waals surface area contributed by atoms with E-state index in [-0.39, 0.29) is 17.6 Å². The number of carbonyl (C=O) groups excluding carboxylic acids is 2. The topological polar surface area (TPSA) is 88.9 Å². The van der Waals surface area contributed by atoms with Gasteiger partial charge in [0, 0.05) is 19.2 Å². The average Bonchev–Trinajstić information content (AvgIpc) is 3.06. The van der Waals surface area contributed by atoms with E-state index in [0.717, 1.165) is 11.3 Å². The normalized spacial score (nSPS) is 10.6. The first-order valence-electron chi connectivity index (χ1n) is 9.17. The fraction of sp³-hybridized carbons (Fsp3) is 0.238. The largest absolute Gasteiger partial charge is 0.351 e. The molecule has 2 aromatic carbocycles. The Bertz CT molecular complexity index is 1010. The van der Waals surface area contributed by atoms with Gasteiger partial charge in [-0.1, -0.05) is 47.7 Å². The summed E-state index contributed by atoms with van der Waals surface area (Å²) in [5, 5.41) is 14.6. The van der Waals surface area contributed by atoms with Crippen molar-refractivity contribution in [3.63, 3.8) is 0 Å². The Balaban J connectivity index is 1.64. The quantitative estimate of drug-likeness (QED) is 0.585. The van der Waals surface area contributed by atoms with Crippen molar-refractivity contribution in [2.45, 2.75) is 32.5 Å². The molecule has 2 N–H and O–H groups in total. The zero-order chi connectivity index (χ0) is 20.8. The highest BCUT2D eigenvalue weighted by molar-refractivity contribution is 7.99. The van der Waals surface area contributed by atoms with Gasteiger partial charge in [0.25, 0.3) is 0 Å². The van der Waals surface area contributed by atoms with Crippen LogP contribution in [0.15, 0.2) is 53.7 Å². The number of aromatic nitrogens is 3. The number of aryl methyl sites for hydroxylation is 2. The molecule has 0 aliphatic heterocycles. The maximum Gasteiger partial charge on any atom is 0.230 e. The van der Waals surface area contributed by atoms with Gasteiger partial charge in [0.2, 0.25) is 11.8 Å². The maximum absolute atomic E-state index is 12.2. The van der Waals surface area contributed by atoms with Gasteiger partial charge in [-0.25, -0.2) is 0 Å². The highest BCUT2D eigenvalue weighted by Crippen LogP contribution is 2.23. The van der Waals surface area contributed by atoms with Crippen molar-refractivity contribution in [2.24, 2.45) is 0 Å². The lowest BCUT2D eigenvalue weighted by Gasteiger charge is -2.10. The molecule has 8 heteroatoms. The van der Waals surface area contributed by atoms with E-state index < -0.39 is 0 Å². The number of benzene rings is 2. The molecule has 7 nitrogen and oxygen atoms in total. The van der Waals surface area contributed by atoms with Crippen molar-refractivity contribution in [3.05, 3.63) is 65.5 Å². The predicted octanol–water partition coefficient (Wildman–Crippen LogP) is 3.25. The van der Waals surface area contributed by atoms with E-state index in [1.165, 1.54) is 24.2 Å². The van der Waals surface area contributed by atoms with Crippen LogP contribution in [-0.2, 0) is 16.1 Å². The molecule has 0 aliphatic rings. The molecule has 1 aromatic heterocycles. The van der Waals surface area contributed by atoms with Crippen LogP contribution in [0.3, 0.4) is 0 Å². The number of amides is 2. The fourth-order valence-electron chi connectivity index (χ4n) is 2.75. The summed E-state index contributed by atoms with van der Waals surface area (Å²) in [6.45, 7) is 5.83. The van der Waals surface area contributed by atoms with Crippen molar-refractivity contribution < 1.29 is 9.59 Å². The van der Waals surface area contributed by atoms with Gasteiger partial charge in [-0.05, 0) is 37.6 Å². The number of hydrogen-bond donors (Lipinski definition) is 2. The lowest BCUT2D eigenvalue weighted by atomic mass is 10.1. The molecule has 0 radical (unpaired) electrons. The molecule has 0 atom stereocenters. The first-order chi connectivity index (χ1) is 13.9. The second-order valence-corrected chi connectivity index (χ2v) is 7.59. The minimum Gasteiger partial charge on any atom is -0.351 e. The standard InChI is InChI=1S/C21H23N5O2S/c1-14-7-9-17(10-8-14)12-22-20(28)13-29-21-25-24-15(2)26(21)19-6-4-5-18(11-19)23-16(3)27/h4-11H,12-13H2,1-3H3,(H,22,28)(H,23,27). The number of anilines is 1. The molecule has 2 amide bonds. The number of carbonyl (C=O) groups is 2. The lowest BCUT2D eigenvalue weighted by molar-refractivity contribution is -0.118. The second-order valence-electron chi connectivity index (χ2n) is 6.65. The van der Waals surface area contributed by atoms with Crippen LogP contribution >= 0.6 is 11.8 Å². The van der Waals surface area contributed by atoms with Crippen molar-refractivity contribution in [3.8, 4) is 5.69 Å². The smallest absolute Gasteiger partial charge is 0.230 e. The Morgan fingerprint density at radius 1 is 1.07 bits per heavy atom. The van der Waals surface area contributed by atoms with Crippen LogP contribution < -0.4 is 10.6 Å². The second kappa shape index (κ2) is 9.38. The summed E-state index contributed by atoms with van der Waals surface area (Å²) in [4.78, 5) is 23.6. The van der Waals surface area contributed by atoms with Crippen molar-refractivity contribution in [1.29, 1.82) is 0 Å². The minimum absolute atomic E-state index is 0.0743. The van der Waals surface area contributed by atoms with Crippen molar-refractivity contribution in [1.82, 2.24) is 20.1 Å². The molecule has 0 unspecified atom stereocenters. The van der Waals surface area contributed by atoms with Gasteiger partial charge in [0.15, 0.2) is 5.16 Å². The first-order valence-corrected chi connectivity index (χ1v) is 10.2. The monoisotopic (exact) mass is 409 g/mol. The number of nitrogens with zero attached hydrogens (tertiary/aromatic N) is 3. The summed E-state index contributed by atoms with van der Waals surface area (Å²) in [7, 11) is 0. The molecule has 0 bridgehead atoms. The fourth-order valence-corrected chi connectivity index (χ4v) is 3.57. The zero-order valence-electron chi connectivity index (χ0n) is 16.6. The highest BCUT2D eigenvalue weighted by atomic mass is 32.2. The third kappa shape index (κ3) is 5.68. The molecule has 0 fully saturated rings. The van der Waals surface area contributed by atoms with Crippen LogP contribution in [0.2, 0.25) is 0 Å². The molecule has 0 saturated carbocycles. The van der Waals surface area contributed by atoms with Gasteiger partial charge in [0.05, 0.1) is 11.4 Å². The Hall–Kier alpha value is -3.13. The summed E-state index contributed by atoms with van der Waals surface area (Å²) in [6, 6.07) is 15.5. The van der Waals surface area contributed by atoms with Gasteiger partial charge in [-0.2, -0.15) is 0 Å². The molecular weight excluding hydrogens is 386 g/mol. The van der Waals surface area contributed by atoms with E-state index in [1.54, 1.807) is 0 Å². The van der Waals surface area contributed by atoms with Gasteiger partial charge in [-0.15, -0.1) is 10.2 Å². The van der Waals surface area contributed by atoms with Gasteiger partial charge < -0.3 is 10.6 Å². The molecular formula is C21H23N5O2S.